The van der Waals surface area contributed by atoms with Gasteiger partial charge in [-0.15, -0.1) is 0 Å². The van der Waals surface area contributed by atoms with Crippen molar-refractivity contribution < 1.29 is 12.8 Å². The molecule has 0 spiro atoms. The van der Waals surface area contributed by atoms with Crippen molar-refractivity contribution in [2.75, 3.05) is 5.32 Å². The van der Waals surface area contributed by atoms with Crippen molar-refractivity contribution in [3.8, 4) is 0 Å². The Bertz CT molecular complexity index is 346. The van der Waals surface area contributed by atoms with Crippen molar-refractivity contribution in [2.24, 2.45) is 5.73 Å². The molecule has 0 atom stereocenters. The molecule has 0 heterocycles. The van der Waals surface area contributed by atoms with Gasteiger partial charge in [0, 0.05) is 5.69 Å². The number of nitrogens with two attached hydrogens (primary N) is 1. The normalized spacial score (nSPS) is 8.57. The van der Waals surface area contributed by atoms with Crippen molar-refractivity contribution in [3.63, 3.8) is 0 Å². The van der Waals surface area contributed by atoms with Crippen LogP contribution in [-0.4, -0.2) is 17.0 Å². The number of benzene rings is 1. The summed E-state index contributed by atoms with van der Waals surface area (Å²) in [7, 11) is 0. The average Bonchev–Trinajstić information content (AvgIpc) is 2.04. The predicted molar refractivity (Wildman–Crippen MR) is 58.5 cm³/mol. The summed E-state index contributed by atoms with van der Waals surface area (Å²) in [5.74, 6) is -1.16. The van der Waals surface area contributed by atoms with E-state index in [1.54, 1.807) is 12.1 Å². The average molecular weight is 213 g/mol. The molecule has 0 radical (unpaired) electrons. The second-order valence-corrected chi connectivity index (χ2v) is 2.42. The Morgan fingerprint density at radius 2 is 1.93 bits per heavy atom. The molecule has 5 nitrogen and oxygen atoms in total. The zero-order valence-electron chi connectivity index (χ0n) is 9.15. The molecule has 0 fully saturated rings. The van der Waals surface area contributed by atoms with Crippen LogP contribution in [0.2, 0.25) is 0 Å². The lowest BCUT2D eigenvalue weighted by Gasteiger charge is -2.02. The van der Waals surface area contributed by atoms with E-state index in [9.17, 15) is 4.79 Å². The van der Waals surface area contributed by atoms with Crippen molar-refractivity contribution in [1.82, 2.24) is 0 Å². The number of rotatable bonds is 2. The van der Waals surface area contributed by atoms with Crippen LogP contribution in [0.25, 0.3) is 0 Å². The zero-order chi connectivity index (χ0) is 9.84. The number of aromatic carboxylic acids is 1. The highest BCUT2D eigenvalue weighted by molar-refractivity contribution is 7.37. The minimum atomic E-state index is -0.977. The van der Waals surface area contributed by atoms with Crippen LogP contribution in [-0.2, 0) is 13.5 Å². The quantitative estimate of drug-likeness (QED) is 0.433. The van der Waals surface area contributed by atoms with Gasteiger partial charge in [-0.25, -0.2) is 4.79 Å². The monoisotopic (exact) mass is 213 g/mol. The first-order chi connectivity index (χ1) is 6.09. The molecule has 0 unspecified atom stereocenters. The summed E-state index contributed by atoms with van der Waals surface area (Å²) in [6, 6.07) is 5.97. The summed E-state index contributed by atoms with van der Waals surface area (Å²) in [5.41, 5.74) is 5.88. The van der Waals surface area contributed by atoms with Crippen LogP contribution in [0.5, 0.6) is 0 Å². The predicted octanol–water partition coefficient (Wildman–Crippen LogP) is 0.913. The third-order valence-electron chi connectivity index (χ3n) is 1.41. The molecule has 1 aromatic rings. The van der Waals surface area contributed by atoms with Gasteiger partial charge in [-0.2, -0.15) is 0 Å². The first kappa shape index (κ1) is 12.3. The van der Waals surface area contributed by atoms with Gasteiger partial charge in [0.1, 0.15) is 0 Å². The van der Waals surface area contributed by atoms with Gasteiger partial charge >= 0.3 is 8.82 Å². The third-order valence-corrected chi connectivity index (χ3v) is 1.41. The van der Waals surface area contributed by atoms with Gasteiger partial charge in [-0.05, 0) is 24.3 Å². The van der Waals surface area contributed by atoms with Crippen LogP contribution < -0.4 is 11.1 Å². The number of carboxylic acids is 1. The smallest absolute Gasteiger partial charge is 1.00 e. The van der Waals surface area contributed by atoms with Crippen LogP contribution in [0.3, 0.4) is 0 Å². The fourth-order valence-electron chi connectivity index (χ4n) is 0.852. The van der Waals surface area contributed by atoms with Crippen molar-refractivity contribution in [2.45, 2.75) is 0 Å². The molecule has 0 aliphatic carbocycles. The molecule has 1 aromatic carbocycles. The Morgan fingerprint density at radius 1 is 1.43 bits per heavy atom. The SMILES string of the molecule is N=C(N)Nc1ccc(C(=O)O)cc1.[H+].[H+].[S-2]. The third kappa shape index (κ3) is 3.36. The molecule has 5 N–H and O–H groups in total. The number of carbonyl (C=O) groups is 1. The Hall–Kier alpha value is -1.69. The van der Waals surface area contributed by atoms with Gasteiger partial charge in [-0.3, -0.25) is 5.41 Å². The maximum absolute atomic E-state index is 10.4. The molecule has 0 saturated heterocycles. The molecular formula is C8H11N3O2S. The summed E-state index contributed by atoms with van der Waals surface area (Å²) < 4.78 is 0. The topological polar surface area (TPSA) is 99.2 Å². The summed E-state index contributed by atoms with van der Waals surface area (Å²) in [6.45, 7) is 0. The molecule has 1 rings (SSSR count). The molecule has 0 saturated carbocycles. The largest absolute Gasteiger partial charge is 2.00 e. The van der Waals surface area contributed by atoms with Crippen LogP contribution >= 0.6 is 0 Å². The highest BCUT2D eigenvalue weighted by atomic mass is 32.1. The maximum Gasteiger partial charge on any atom is 1.00 e. The van der Waals surface area contributed by atoms with Crippen molar-refractivity contribution in [3.05, 3.63) is 29.8 Å². The lowest BCUT2D eigenvalue weighted by atomic mass is 10.2. The van der Waals surface area contributed by atoms with Gasteiger partial charge in [0.2, 0.25) is 0 Å². The highest BCUT2D eigenvalue weighted by Gasteiger charge is 2.01. The molecular weight excluding hydrogens is 202 g/mol. The fourth-order valence-corrected chi connectivity index (χ4v) is 0.852. The number of nitrogens with one attached hydrogen (secondary N) is 2. The second kappa shape index (κ2) is 5.13. The van der Waals surface area contributed by atoms with E-state index in [1.807, 2.05) is 0 Å². The van der Waals surface area contributed by atoms with Gasteiger partial charge in [0.25, 0.3) is 0 Å². The summed E-state index contributed by atoms with van der Waals surface area (Å²) in [6.07, 6.45) is 0. The number of anilines is 1. The summed E-state index contributed by atoms with van der Waals surface area (Å²) in [4.78, 5) is 10.4. The van der Waals surface area contributed by atoms with E-state index >= 15 is 0 Å². The zero-order valence-corrected chi connectivity index (χ0v) is 7.97. The van der Waals surface area contributed by atoms with E-state index in [0.717, 1.165) is 0 Å². The molecule has 76 valence electrons. The first-order valence-corrected chi connectivity index (χ1v) is 3.54. The van der Waals surface area contributed by atoms with E-state index in [2.05, 4.69) is 5.32 Å². The molecule has 14 heavy (non-hydrogen) atoms. The highest BCUT2D eigenvalue weighted by Crippen LogP contribution is 2.08. The van der Waals surface area contributed by atoms with Crippen LogP contribution in [0.1, 0.15) is 13.2 Å². The number of hydrogen-bond acceptors (Lipinski definition) is 2. The minimum absolute atomic E-state index is 0. The number of hydrogen-bond donors (Lipinski definition) is 4. The maximum atomic E-state index is 10.4. The van der Waals surface area contributed by atoms with E-state index in [4.69, 9.17) is 16.2 Å². The Balaban J connectivity index is -0.000000563. The summed E-state index contributed by atoms with van der Waals surface area (Å²) >= 11 is 0. The minimum Gasteiger partial charge on any atom is -2.00 e. The van der Waals surface area contributed by atoms with Crippen molar-refractivity contribution >= 4 is 31.1 Å². The van der Waals surface area contributed by atoms with Gasteiger partial charge in [0.15, 0.2) is 5.96 Å². The molecule has 0 bridgehead atoms. The van der Waals surface area contributed by atoms with E-state index in [0.29, 0.717) is 5.69 Å². The van der Waals surface area contributed by atoms with E-state index in [1.165, 1.54) is 12.1 Å². The van der Waals surface area contributed by atoms with E-state index in [-0.39, 0.29) is 27.9 Å². The lowest BCUT2D eigenvalue weighted by Crippen LogP contribution is -2.20. The van der Waals surface area contributed by atoms with Gasteiger partial charge in [0.05, 0.1) is 5.56 Å². The molecule has 0 amide bonds. The standard InChI is InChI=1S/C8H9N3O2.S/c9-8(10)11-6-3-1-5(2-4-6)7(12)13;/h1-4H,(H,12,13)(H4,9,10,11);/q;-2/p+2. The Kier molecular flexibility index (Phi) is 4.51. The number of carboxylic acid groups (broad SMARTS) is 1. The lowest BCUT2D eigenvalue weighted by molar-refractivity contribution is 0.0697. The summed E-state index contributed by atoms with van der Waals surface area (Å²) in [5, 5.41) is 18.0. The number of guanidine groups is 1. The van der Waals surface area contributed by atoms with Gasteiger partial charge in [-0.1, -0.05) is 0 Å². The molecule has 0 aliphatic heterocycles. The molecule has 0 aromatic heterocycles. The Morgan fingerprint density at radius 3 is 2.29 bits per heavy atom. The molecule has 6 heteroatoms. The Labute approximate surface area is 90.9 Å². The second-order valence-electron chi connectivity index (χ2n) is 2.42. The van der Waals surface area contributed by atoms with E-state index < -0.39 is 5.97 Å². The fraction of sp³-hybridized carbons (Fsp3) is 0. The van der Waals surface area contributed by atoms with Gasteiger partial charge < -0.3 is 29.7 Å². The molecule has 0 aliphatic rings. The van der Waals surface area contributed by atoms with Crippen LogP contribution in [0, 0.1) is 5.41 Å². The first-order valence-electron chi connectivity index (χ1n) is 3.54. The van der Waals surface area contributed by atoms with Crippen LogP contribution in [0.15, 0.2) is 24.3 Å². The van der Waals surface area contributed by atoms with Crippen molar-refractivity contribution in [1.29, 1.82) is 5.41 Å². The van der Waals surface area contributed by atoms with Crippen LogP contribution in [0.4, 0.5) is 5.69 Å².